The van der Waals surface area contributed by atoms with Gasteiger partial charge in [0.1, 0.15) is 0 Å². The highest BCUT2D eigenvalue weighted by molar-refractivity contribution is 7.89. The van der Waals surface area contributed by atoms with Crippen molar-refractivity contribution in [3.8, 4) is 0 Å². The first-order valence-corrected chi connectivity index (χ1v) is 6.70. The average Bonchev–Trinajstić information content (AvgIpc) is 2.26. The van der Waals surface area contributed by atoms with E-state index in [4.69, 9.17) is 10.6 Å². The van der Waals surface area contributed by atoms with Crippen LogP contribution in [0.25, 0.3) is 0 Å². The van der Waals surface area contributed by atoms with Crippen molar-refractivity contribution in [1.82, 2.24) is 4.89 Å². The molecule has 0 saturated carbocycles. The molecule has 18 heavy (non-hydrogen) atoms. The number of nitrogens with one attached hydrogen (secondary N) is 1. The lowest BCUT2D eigenvalue weighted by Crippen LogP contribution is -2.33. The van der Waals surface area contributed by atoms with Crippen molar-refractivity contribution in [3.63, 3.8) is 0 Å². The van der Waals surface area contributed by atoms with Crippen LogP contribution in [-0.4, -0.2) is 19.9 Å². The Hall–Kier alpha value is -1.44. The molecule has 0 atom stereocenters. The maximum absolute atomic E-state index is 11.8. The van der Waals surface area contributed by atoms with Crippen LogP contribution in [0.3, 0.4) is 0 Å². The van der Waals surface area contributed by atoms with Gasteiger partial charge in [0.2, 0.25) is 5.91 Å². The maximum atomic E-state index is 11.8. The van der Waals surface area contributed by atoms with Gasteiger partial charge in [0, 0.05) is 5.56 Å². The lowest BCUT2D eigenvalue weighted by atomic mass is 10.2. The van der Waals surface area contributed by atoms with Gasteiger partial charge in [-0.1, -0.05) is 4.89 Å². The van der Waals surface area contributed by atoms with E-state index in [1.54, 1.807) is 20.8 Å². The van der Waals surface area contributed by atoms with E-state index in [1.807, 2.05) is 4.89 Å². The molecule has 0 radical (unpaired) electrons. The molecule has 3 N–H and O–H groups in total. The van der Waals surface area contributed by atoms with Crippen LogP contribution in [-0.2, 0) is 14.9 Å². The lowest BCUT2D eigenvalue weighted by Gasteiger charge is -2.19. The molecule has 1 aromatic carbocycles. The summed E-state index contributed by atoms with van der Waals surface area (Å²) >= 11 is 0. The standard InChI is InChI=1S/C11H16N2O4S/c1-11(2,3)17-13-18(15,16)9-6-4-8(5-7-9)10(12)14/h4-7,13H,1-3H3,(H2,12,14). The van der Waals surface area contributed by atoms with Gasteiger partial charge >= 0.3 is 0 Å². The number of nitrogens with two attached hydrogens (primary N) is 1. The zero-order chi connectivity index (χ0) is 14.0. The Balaban J connectivity index is 2.89. The van der Waals surface area contributed by atoms with Crippen LogP contribution in [0.5, 0.6) is 0 Å². The van der Waals surface area contributed by atoms with Gasteiger partial charge in [-0.2, -0.15) is 0 Å². The molecular formula is C11H16N2O4S. The Bertz CT molecular complexity index is 529. The molecule has 100 valence electrons. The van der Waals surface area contributed by atoms with Gasteiger partial charge < -0.3 is 5.73 Å². The first-order valence-electron chi connectivity index (χ1n) is 5.21. The summed E-state index contributed by atoms with van der Waals surface area (Å²) in [6.07, 6.45) is 0. The van der Waals surface area contributed by atoms with Crippen LogP contribution in [0, 0.1) is 0 Å². The van der Waals surface area contributed by atoms with Crippen LogP contribution in [0.15, 0.2) is 29.2 Å². The minimum atomic E-state index is -3.76. The number of carbonyl (C=O) groups excluding carboxylic acids is 1. The Morgan fingerprint density at radius 2 is 1.72 bits per heavy atom. The van der Waals surface area contributed by atoms with Gasteiger partial charge in [-0.3, -0.25) is 9.63 Å². The highest BCUT2D eigenvalue weighted by Gasteiger charge is 2.19. The smallest absolute Gasteiger partial charge is 0.262 e. The summed E-state index contributed by atoms with van der Waals surface area (Å²) in [6.45, 7) is 5.14. The molecule has 6 nitrogen and oxygen atoms in total. The van der Waals surface area contributed by atoms with Crippen molar-refractivity contribution < 1.29 is 18.0 Å². The van der Waals surface area contributed by atoms with Crippen molar-refractivity contribution in [2.45, 2.75) is 31.3 Å². The SMILES string of the molecule is CC(C)(C)ONS(=O)(=O)c1ccc(C(N)=O)cc1. The second kappa shape index (κ2) is 5.05. The monoisotopic (exact) mass is 272 g/mol. The number of rotatable bonds is 4. The third-order valence-electron chi connectivity index (χ3n) is 1.91. The number of amides is 1. The van der Waals surface area contributed by atoms with Crippen LogP contribution in [0.4, 0.5) is 0 Å². The van der Waals surface area contributed by atoms with Crippen molar-refractivity contribution >= 4 is 15.9 Å². The number of hydrogen-bond acceptors (Lipinski definition) is 4. The first-order chi connectivity index (χ1) is 8.12. The summed E-state index contributed by atoms with van der Waals surface area (Å²) in [6, 6.07) is 5.25. The summed E-state index contributed by atoms with van der Waals surface area (Å²) in [7, 11) is -3.76. The van der Waals surface area contributed by atoms with Crippen LogP contribution >= 0.6 is 0 Å². The van der Waals surface area contributed by atoms with Gasteiger partial charge in [-0.05, 0) is 45.0 Å². The summed E-state index contributed by atoms with van der Waals surface area (Å²) in [5, 5.41) is 0. The van der Waals surface area contributed by atoms with Gasteiger partial charge in [0.05, 0.1) is 10.5 Å². The van der Waals surface area contributed by atoms with E-state index in [2.05, 4.69) is 0 Å². The number of sulfonamides is 1. The third kappa shape index (κ3) is 4.10. The van der Waals surface area contributed by atoms with Crippen LogP contribution in [0.1, 0.15) is 31.1 Å². The van der Waals surface area contributed by atoms with E-state index < -0.39 is 21.5 Å². The molecule has 0 aromatic heterocycles. The maximum Gasteiger partial charge on any atom is 0.262 e. The summed E-state index contributed by atoms with van der Waals surface area (Å²) in [5.74, 6) is -0.613. The molecule has 0 spiro atoms. The molecule has 1 amide bonds. The fourth-order valence-corrected chi connectivity index (χ4v) is 1.98. The van der Waals surface area contributed by atoms with Gasteiger partial charge in [0.25, 0.3) is 10.0 Å². The minimum absolute atomic E-state index is 0.00301. The Labute approximate surface area is 106 Å². The highest BCUT2D eigenvalue weighted by atomic mass is 32.2. The third-order valence-corrected chi connectivity index (χ3v) is 3.10. The normalized spacial score (nSPS) is 12.4. The summed E-state index contributed by atoms with van der Waals surface area (Å²) in [5.41, 5.74) is 4.66. The molecule has 0 heterocycles. The lowest BCUT2D eigenvalue weighted by molar-refractivity contribution is -0.0357. The quantitative estimate of drug-likeness (QED) is 0.792. The van der Waals surface area contributed by atoms with E-state index in [1.165, 1.54) is 24.3 Å². The Morgan fingerprint density at radius 3 is 2.11 bits per heavy atom. The van der Waals surface area contributed by atoms with Gasteiger partial charge in [-0.25, -0.2) is 8.42 Å². The fraction of sp³-hybridized carbons (Fsp3) is 0.364. The number of hydrogen-bond donors (Lipinski definition) is 2. The largest absolute Gasteiger partial charge is 0.366 e. The number of carbonyl (C=O) groups is 1. The number of primary amides is 1. The Kier molecular flexibility index (Phi) is 4.10. The molecule has 7 heteroatoms. The average molecular weight is 272 g/mol. The van der Waals surface area contributed by atoms with E-state index in [0.29, 0.717) is 0 Å². The molecule has 0 bridgehead atoms. The van der Waals surface area contributed by atoms with Crippen molar-refractivity contribution in [1.29, 1.82) is 0 Å². The molecule has 0 aliphatic heterocycles. The molecule has 1 aromatic rings. The number of benzene rings is 1. The molecule has 0 saturated heterocycles. The second-order valence-electron chi connectivity index (χ2n) is 4.69. The zero-order valence-electron chi connectivity index (χ0n) is 10.4. The van der Waals surface area contributed by atoms with E-state index in [-0.39, 0.29) is 10.5 Å². The molecule has 0 aliphatic carbocycles. The van der Waals surface area contributed by atoms with Crippen LogP contribution < -0.4 is 10.6 Å². The summed E-state index contributed by atoms with van der Waals surface area (Å²) < 4.78 is 23.6. The van der Waals surface area contributed by atoms with Crippen LogP contribution in [0.2, 0.25) is 0 Å². The molecule has 0 aliphatic rings. The molecule has 1 rings (SSSR count). The van der Waals surface area contributed by atoms with Gasteiger partial charge in [-0.15, -0.1) is 0 Å². The van der Waals surface area contributed by atoms with E-state index >= 15 is 0 Å². The predicted octanol–water partition coefficient (Wildman–Crippen LogP) is 0.794. The topological polar surface area (TPSA) is 98.5 Å². The van der Waals surface area contributed by atoms with Crippen molar-refractivity contribution in [2.24, 2.45) is 5.73 Å². The summed E-state index contributed by atoms with van der Waals surface area (Å²) in [4.78, 5) is 17.9. The van der Waals surface area contributed by atoms with Gasteiger partial charge in [0.15, 0.2) is 0 Å². The fourth-order valence-electron chi connectivity index (χ4n) is 1.03. The van der Waals surface area contributed by atoms with E-state index in [0.717, 1.165) is 0 Å². The van der Waals surface area contributed by atoms with Crippen molar-refractivity contribution in [2.75, 3.05) is 0 Å². The van der Waals surface area contributed by atoms with E-state index in [9.17, 15) is 13.2 Å². The molecule has 0 fully saturated rings. The second-order valence-corrected chi connectivity index (χ2v) is 6.33. The predicted molar refractivity (Wildman–Crippen MR) is 66.1 cm³/mol. The molecule has 0 unspecified atom stereocenters. The Morgan fingerprint density at radius 1 is 1.22 bits per heavy atom. The first kappa shape index (κ1) is 14.6. The highest BCUT2D eigenvalue weighted by Crippen LogP contribution is 2.12. The zero-order valence-corrected chi connectivity index (χ0v) is 11.2. The molecular weight excluding hydrogens is 256 g/mol. The minimum Gasteiger partial charge on any atom is -0.366 e. The van der Waals surface area contributed by atoms with Crippen molar-refractivity contribution in [3.05, 3.63) is 29.8 Å².